The molecule has 3 aromatic carbocycles. The van der Waals surface area contributed by atoms with Gasteiger partial charge in [0.25, 0.3) is 0 Å². The van der Waals surface area contributed by atoms with E-state index in [0.29, 0.717) is 6.54 Å². The van der Waals surface area contributed by atoms with Gasteiger partial charge in [-0.25, -0.2) is 0 Å². The first-order chi connectivity index (χ1) is 12.8. The lowest BCUT2D eigenvalue weighted by Gasteiger charge is -2.25. The second kappa shape index (κ2) is 6.17. The van der Waals surface area contributed by atoms with Gasteiger partial charge in [-0.1, -0.05) is 61.0 Å². The van der Waals surface area contributed by atoms with Crippen LogP contribution in [0.3, 0.4) is 0 Å². The molecule has 0 aromatic heterocycles. The topological polar surface area (TPSA) is 32.3 Å². The molecule has 1 heterocycles. The van der Waals surface area contributed by atoms with Crippen LogP contribution in [-0.4, -0.2) is 11.9 Å². The monoisotopic (exact) mass is 342 g/mol. The van der Waals surface area contributed by atoms with E-state index in [-0.39, 0.29) is 17.9 Å². The second-order valence-electron chi connectivity index (χ2n) is 7.37. The zero-order chi connectivity index (χ0) is 17.5. The molecule has 1 aliphatic carbocycles. The number of rotatable bonds is 2. The molecular weight excluding hydrogens is 320 g/mol. The van der Waals surface area contributed by atoms with Gasteiger partial charge in [0.1, 0.15) is 0 Å². The molecule has 1 saturated carbocycles. The minimum atomic E-state index is 0.0809. The van der Waals surface area contributed by atoms with Crippen LogP contribution in [0.4, 0.5) is 11.4 Å². The molecule has 0 radical (unpaired) electrons. The van der Waals surface area contributed by atoms with E-state index in [2.05, 4.69) is 59.9 Å². The third-order valence-corrected chi connectivity index (χ3v) is 5.84. The Balaban J connectivity index is 1.61. The van der Waals surface area contributed by atoms with Crippen LogP contribution in [0.2, 0.25) is 0 Å². The SMILES string of the molecule is O=C1C2CCCC2Nc2ccccc2N1Cc1cccc2ccccc12. The molecule has 2 atom stereocenters. The quantitative estimate of drug-likeness (QED) is 0.713. The minimum Gasteiger partial charge on any atom is -0.380 e. The standard InChI is InChI=1S/C23H22N2O/c26-23-19-11-6-13-20(19)24-21-12-3-4-14-22(21)25(23)15-17-9-5-8-16-7-1-2-10-18(16)17/h1-5,7-10,12,14,19-20,24H,6,11,13,15H2. The highest BCUT2D eigenvalue weighted by Crippen LogP contribution is 2.39. The Kier molecular flexibility index (Phi) is 3.66. The summed E-state index contributed by atoms with van der Waals surface area (Å²) in [7, 11) is 0. The van der Waals surface area contributed by atoms with E-state index in [0.717, 1.165) is 30.6 Å². The van der Waals surface area contributed by atoms with Gasteiger partial charge >= 0.3 is 0 Å². The molecule has 3 nitrogen and oxygen atoms in total. The Morgan fingerprint density at radius 3 is 2.69 bits per heavy atom. The fourth-order valence-electron chi connectivity index (χ4n) is 4.54. The predicted octanol–water partition coefficient (Wildman–Crippen LogP) is 4.97. The summed E-state index contributed by atoms with van der Waals surface area (Å²) in [6.45, 7) is 0.613. The van der Waals surface area contributed by atoms with Crippen molar-refractivity contribution in [1.82, 2.24) is 0 Å². The third kappa shape index (κ3) is 2.47. The van der Waals surface area contributed by atoms with Crippen LogP contribution in [0.25, 0.3) is 10.8 Å². The maximum atomic E-state index is 13.4. The number of hydrogen-bond acceptors (Lipinski definition) is 2. The normalized spacial score (nSPS) is 21.8. The van der Waals surface area contributed by atoms with Crippen molar-refractivity contribution in [3.8, 4) is 0 Å². The Hall–Kier alpha value is -2.81. The Bertz CT molecular complexity index is 975. The van der Waals surface area contributed by atoms with Crippen molar-refractivity contribution in [2.24, 2.45) is 5.92 Å². The number of hydrogen-bond donors (Lipinski definition) is 1. The van der Waals surface area contributed by atoms with Gasteiger partial charge in [-0.15, -0.1) is 0 Å². The van der Waals surface area contributed by atoms with Crippen LogP contribution >= 0.6 is 0 Å². The average molecular weight is 342 g/mol. The van der Waals surface area contributed by atoms with E-state index in [1.807, 2.05) is 17.0 Å². The number of fused-ring (bicyclic) bond motifs is 3. The summed E-state index contributed by atoms with van der Waals surface area (Å²) in [4.78, 5) is 15.4. The van der Waals surface area contributed by atoms with Crippen molar-refractivity contribution in [3.63, 3.8) is 0 Å². The number of nitrogens with one attached hydrogen (secondary N) is 1. The first kappa shape index (κ1) is 15.4. The molecule has 2 aliphatic rings. The van der Waals surface area contributed by atoms with Crippen molar-refractivity contribution in [2.45, 2.75) is 31.8 Å². The third-order valence-electron chi connectivity index (χ3n) is 5.84. The van der Waals surface area contributed by atoms with Gasteiger partial charge < -0.3 is 10.2 Å². The number of carbonyl (C=O) groups is 1. The number of para-hydroxylation sites is 2. The molecule has 3 aromatic rings. The fraction of sp³-hybridized carbons (Fsp3) is 0.261. The molecule has 130 valence electrons. The van der Waals surface area contributed by atoms with Gasteiger partial charge in [0.15, 0.2) is 0 Å². The van der Waals surface area contributed by atoms with Gasteiger partial charge in [-0.05, 0) is 41.3 Å². The number of nitrogens with zero attached hydrogens (tertiary/aromatic N) is 1. The molecule has 0 saturated heterocycles. The fourth-order valence-corrected chi connectivity index (χ4v) is 4.54. The Morgan fingerprint density at radius 1 is 0.923 bits per heavy atom. The van der Waals surface area contributed by atoms with Gasteiger partial charge in [0.05, 0.1) is 23.8 Å². The molecule has 1 N–H and O–H groups in total. The summed E-state index contributed by atoms with van der Waals surface area (Å²) in [5, 5.41) is 6.08. The lowest BCUT2D eigenvalue weighted by Crippen LogP contribution is -2.38. The van der Waals surface area contributed by atoms with E-state index >= 15 is 0 Å². The van der Waals surface area contributed by atoms with Crippen LogP contribution < -0.4 is 10.2 Å². The van der Waals surface area contributed by atoms with Gasteiger partial charge in [0, 0.05) is 6.04 Å². The largest absolute Gasteiger partial charge is 0.380 e. The van der Waals surface area contributed by atoms with Crippen LogP contribution in [-0.2, 0) is 11.3 Å². The zero-order valence-corrected chi connectivity index (χ0v) is 14.7. The van der Waals surface area contributed by atoms with Crippen LogP contribution in [0.1, 0.15) is 24.8 Å². The molecule has 0 spiro atoms. The average Bonchev–Trinajstić information content (AvgIpc) is 3.11. The minimum absolute atomic E-state index is 0.0809. The van der Waals surface area contributed by atoms with Crippen LogP contribution in [0.5, 0.6) is 0 Å². The maximum Gasteiger partial charge on any atom is 0.232 e. The van der Waals surface area contributed by atoms with E-state index in [4.69, 9.17) is 0 Å². The molecule has 5 rings (SSSR count). The highest BCUT2D eigenvalue weighted by Gasteiger charge is 2.39. The molecule has 3 heteroatoms. The lowest BCUT2D eigenvalue weighted by atomic mass is 10.0. The van der Waals surface area contributed by atoms with Crippen LogP contribution in [0, 0.1) is 5.92 Å². The maximum absolute atomic E-state index is 13.4. The Morgan fingerprint density at radius 2 is 1.73 bits per heavy atom. The van der Waals surface area contributed by atoms with Crippen molar-refractivity contribution >= 4 is 28.1 Å². The van der Waals surface area contributed by atoms with Crippen LogP contribution in [0.15, 0.2) is 66.7 Å². The van der Waals surface area contributed by atoms with E-state index < -0.39 is 0 Å². The number of benzene rings is 3. The summed E-state index contributed by atoms with van der Waals surface area (Å²) in [6, 6.07) is 23.3. The summed E-state index contributed by atoms with van der Waals surface area (Å²) < 4.78 is 0. The summed E-state index contributed by atoms with van der Waals surface area (Å²) >= 11 is 0. The highest BCUT2D eigenvalue weighted by molar-refractivity contribution is 6.01. The molecule has 0 bridgehead atoms. The predicted molar refractivity (Wildman–Crippen MR) is 106 cm³/mol. The number of carbonyl (C=O) groups excluding carboxylic acids is 1. The zero-order valence-electron chi connectivity index (χ0n) is 14.7. The molecule has 1 aliphatic heterocycles. The summed E-state index contributed by atoms with van der Waals surface area (Å²) in [5.41, 5.74) is 3.28. The highest BCUT2D eigenvalue weighted by atomic mass is 16.2. The molecule has 26 heavy (non-hydrogen) atoms. The molecule has 2 unspecified atom stereocenters. The van der Waals surface area contributed by atoms with Gasteiger partial charge in [-0.2, -0.15) is 0 Å². The van der Waals surface area contributed by atoms with E-state index in [9.17, 15) is 4.79 Å². The first-order valence-electron chi connectivity index (χ1n) is 9.45. The molecule has 1 fully saturated rings. The smallest absolute Gasteiger partial charge is 0.232 e. The molecular formula is C23H22N2O. The molecule has 1 amide bonds. The first-order valence-corrected chi connectivity index (χ1v) is 9.45. The van der Waals surface area contributed by atoms with Gasteiger partial charge in [-0.3, -0.25) is 4.79 Å². The van der Waals surface area contributed by atoms with E-state index in [1.165, 1.54) is 16.3 Å². The second-order valence-corrected chi connectivity index (χ2v) is 7.37. The lowest BCUT2D eigenvalue weighted by molar-refractivity contribution is -0.122. The van der Waals surface area contributed by atoms with Crippen molar-refractivity contribution in [1.29, 1.82) is 0 Å². The van der Waals surface area contributed by atoms with E-state index in [1.54, 1.807) is 0 Å². The van der Waals surface area contributed by atoms with Crippen molar-refractivity contribution in [2.75, 3.05) is 10.2 Å². The summed E-state index contributed by atoms with van der Waals surface area (Å²) in [5.74, 6) is 0.343. The summed E-state index contributed by atoms with van der Waals surface area (Å²) in [6.07, 6.45) is 3.18. The van der Waals surface area contributed by atoms with Crippen molar-refractivity contribution < 1.29 is 4.79 Å². The number of amides is 1. The Labute approximate surface area is 153 Å². The number of anilines is 2. The van der Waals surface area contributed by atoms with Crippen molar-refractivity contribution in [3.05, 3.63) is 72.3 Å². The van der Waals surface area contributed by atoms with Gasteiger partial charge in [0.2, 0.25) is 5.91 Å².